The Kier molecular flexibility index (Phi) is 6.46. The van der Waals surface area contributed by atoms with Gasteiger partial charge in [0.2, 0.25) is 11.8 Å². The number of carbonyl (C=O) groups is 1. The molecule has 9 nitrogen and oxygen atoms in total. The lowest BCUT2D eigenvalue weighted by molar-refractivity contribution is -0.113. The van der Waals surface area contributed by atoms with Gasteiger partial charge in [0.1, 0.15) is 0 Å². The van der Waals surface area contributed by atoms with Crippen molar-refractivity contribution in [3.63, 3.8) is 0 Å². The Balaban J connectivity index is 1.35. The molecule has 162 valence electrons. The molecule has 1 aliphatic heterocycles. The maximum Gasteiger partial charge on any atom is 0.277 e. The Bertz CT molecular complexity index is 1070. The van der Waals surface area contributed by atoms with Crippen LogP contribution in [0.3, 0.4) is 0 Å². The van der Waals surface area contributed by atoms with Crippen molar-refractivity contribution < 1.29 is 28.2 Å². The van der Waals surface area contributed by atoms with Crippen LogP contribution in [0.15, 0.2) is 46.0 Å². The fourth-order valence-electron chi connectivity index (χ4n) is 2.92. The van der Waals surface area contributed by atoms with Gasteiger partial charge in [-0.25, -0.2) is 0 Å². The topological polar surface area (TPSA) is 105 Å². The fraction of sp³-hybridized carbons (Fsp3) is 0.286. The van der Waals surface area contributed by atoms with E-state index >= 15 is 0 Å². The zero-order valence-corrected chi connectivity index (χ0v) is 17.9. The third kappa shape index (κ3) is 5.02. The summed E-state index contributed by atoms with van der Waals surface area (Å²) < 4.78 is 27.4. The van der Waals surface area contributed by atoms with E-state index in [2.05, 4.69) is 15.5 Å². The third-order valence-electron chi connectivity index (χ3n) is 4.39. The number of aromatic nitrogens is 2. The summed E-state index contributed by atoms with van der Waals surface area (Å²) in [6.07, 6.45) is 0.822. The lowest BCUT2D eigenvalue weighted by Gasteiger charge is -2.10. The number of thioether (sulfide) groups is 1. The Morgan fingerprint density at radius 3 is 2.65 bits per heavy atom. The Morgan fingerprint density at radius 2 is 1.84 bits per heavy atom. The zero-order chi connectivity index (χ0) is 21.6. The fourth-order valence-corrected chi connectivity index (χ4v) is 3.48. The number of methoxy groups -OCH3 is 2. The highest BCUT2D eigenvalue weighted by Crippen LogP contribution is 2.34. The molecule has 0 bridgehead atoms. The SMILES string of the molecule is COc1ccc(-c2nnc(SCC(=O)Nc3ccc4c(c3)OCCCO4)o2)cc1OC. The van der Waals surface area contributed by atoms with E-state index in [0.717, 1.165) is 18.2 Å². The number of nitrogens with one attached hydrogen (secondary N) is 1. The van der Waals surface area contributed by atoms with Crippen molar-refractivity contribution >= 4 is 23.4 Å². The second-order valence-corrected chi connectivity index (χ2v) is 7.42. The number of ether oxygens (including phenoxy) is 4. The van der Waals surface area contributed by atoms with Crippen LogP contribution in [0.1, 0.15) is 6.42 Å². The summed E-state index contributed by atoms with van der Waals surface area (Å²) in [7, 11) is 3.12. The molecule has 31 heavy (non-hydrogen) atoms. The summed E-state index contributed by atoms with van der Waals surface area (Å²) in [6.45, 7) is 1.20. The predicted molar refractivity (Wildman–Crippen MR) is 114 cm³/mol. The molecule has 2 aromatic carbocycles. The van der Waals surface area contributed by atoms with Crippen molar-refractivity contribution in [2.75, 3.05) is 38.5 Å². The van der Waals surface area contributed by atoms with Gasteiger partial charge in [0.25, 0.3) is 5.22 Å². The lowest BCUT2D eigenvalue weighted by atomic mass is 10.2. The molecule has 0 saturated heterocycles. The monoisotopic (exact) mass is 443 g/mol. The summed E-state index contributed by atoms with van der Waals surface area (Å²) >= 11 is 1.15. The first-order valence-electron chi connectivity index (χ1n) is 9.54. The van der Waals surface area contributed by atoms with Gasteiger partial charge in [-0.1, -0.05) is 11.8 Å². The molecule has 3 aromatic rings. The van der Waals surface area contributed by atoms with E-state index in [-0.39, 0.29) is 11.7 Å². The molecular weight excluding hydrogens is 422 g/mol. The molecule has 0 fully saturated rings. The van der Waals surface area contributed by atoms with E-state index in [1.54, 1.807) is 50.6 Å². The lowest BCUT2D eigenvalue weighted by Crippen LogP contribution is -2.14. The first-order chi connectivity index (χ1) is 15.2. The van der Waals surface area contributed by atoms with Crippen molar-refractivity contribution in [2.24, 2.45) is 0 Å². The second-order valence-electron chi connectivity index (χ2n) is 6.49. The van der Waals surface area contributed by atoms with Crippen LogP contribution in [0.4, 0.5) is 5.69 Å². The van der Waals surface area contributed by atoms with E-state index in [1.807, 2.05) is 0 Å². The number of hydrogen-bond donors (Lipinski definition) is 1. The third-order valence-corrected chi connectivity index (χ3v) is 5.21. The smallest absolute Gasteiger partial charge is 0.277 e. The van der Waals surface area contributed by atoms with Gasteiger partial charge >= 0.3 is 0 Å². The summed E-state index contributed by atoms with van der Waals surface area (Å²) in [5.41, 5.74) is 1.32. The van der Waals surface area contributed by atoms with E-state index in [1.165, 1.54) is 0 Å². The number of rotatable bonds is 7. The molecule has 2 heterocycles. The number of benzene rings is 2. The second kappa shape index (κ2) is 9.61. The van der Waals surface area contributed by atoms with E-state index in [0.29, 0.717) is 58.6 Å². The highest BCUT2D eigenvalue weighted by atomic mass is 32.2. The van der Waals surface area contributed by atoms with Gasteiger partial charge in [0.05, 0.1) is 33.2 Å². The number of carbonyl (C=O) groups excluding carboxylic acids is 1. The summed E-state index contributed by atoms with van der Waals surface area (Å²) in [5, 5.41) is 11.2. The number of amides is 1. The van der Waals surface area contributed by atoms with Gasteiger partial charge in [-0.05, 0) is 30.3 Å². The van der Waals surface area contributed by atoms with Crippen molar-refractivity contribution in [2.45, 2.75) is 11.6 Å². The molecule has 1 aliphatic rings. The molecule has 0 unspecified atom stereocenters. The predicted octanol–water partition coefficient (Wildman–Crippen LogP) is 3.65. The maximum atomic E-state index is 12.3. The van der Waals surface area contributed by atoms with Crippen molar-refractivity contribution in [3.8, 4) is 34.5 Å². The largest absolute Gasteiger partial charge is 0.493 e. The summed E-state index contributed by atoms with van der Waals surface area (Å²) in [6, 6.07) is 10.6. The minimum Gasteiger partial charge on any atom is -0.493 e. The van der Waals surface area contributed by atoms with Gasteiger partial charge in [0, 0.05) is 23.7 Å². The average molecular weight is 443 g/mol. The summed E-state index contributed by atoms with van der Waals surface area (Å²) in [5.74, 6) is 2.70. The standard InChI is InChI=1S/C21H21N3O6S/c1-26-15-6-4-13(10-17(15)27-2)20-23-24-21(30-20)31-12-19(25)22-14-5-7-16-18(11-14)29-9-3-8-28-16/h4-7,10-11H,3,8-9,12H2,1-2H3,(H,22,25). The molecule has 1 amide bonds. The van der Waals surface area contributed by atoms with Crippen LogP contribution in [0.5, 0.6) is 23.0 Å². The Labute approximate surface area is 183 Å². The summed E-state index contributed by atoms with van der Waals surface area (Å²) in [4.78, 5) is 12.3. The molecule has 1 aromatic heterocycles. The molecule has 0 saturated carbocycles. The zero-order valence-electron chi connectivity index (χ0n) is 17.0. The molecule has 4 rings (SSSR count). The Morgan fingerprint density at radius 1 is 1.03 bits per heavy atom. The van der Waals surface area contributed by atoms with E-state index in [4.69, 9.17) is 23.4 Å². The molecular formula is C21H21N3O6S. The quantitative estimate of drug-likeness (QED) is 0.548. The highest BCUT2D eigenvalue weighted by Gasteiger charge is 2.15. The first-order valence-corrected chi connectivity index (χ1v) is 10.5. The normalized spacial score (nSPS) is 12.7. The molecule has 0 radical (unpaired) electrons. The van der Waals surface area contributed by atoms with Gasteiger partial charge in [-0.3, -0.25) is 4.79 Å². The maximum absolute atomic E-state index is 12.3. The van der Waals surface area contributed by atoms with Crippen LogP contribution < -0.4 is 24.3 Å². The molecule has 0 atom stereocenters. The van der Waals surface area contributed by atoms with E-state index in [9.17, 15) is 4.79 Å². The van der Waals surface area contributed by atoms with Crippen LogP contribution in [-0.2, 0) is 4.79 Å². The molecule has 0 aliphatic carbocycles. The number of hydrogen-bond acceptors (Lipinski definition) is 9. The first kappa shape index (κ1) is 20.9. The number of fused-ring (bicyclic) bond motifs is 1. The van der Waals surface area contributed by atoms with Crippen molar-refractivity contribution in [1.82, 2.24) is 10.2 Å². The van der Waals surface area contributed by atoms with Crippen LogP contribution in [-0.4, -0.2) is 49.3 Å². The molecule has 1 N–H and O–H groups in total. The van der Waals surface area contributed by atoms with Crippen LogP contribution in [0.2, 0.25) is 0 Å². The molecule has 10 heteroatoms. The minimum atomic E-state index is -0.203. The van der Waals surface area contributed by atoms with Gasteiger partial charge < -0.3 is 28.7 Å². The van der Waals surface area contributed by atoms with Gasteiger partial charge in [-0.2, -0.15) is 0 Å². The van der Waals surface area contributed by atoms with Crippen molar-refractivity contribution in [3.05, 3.63) is 36.4 Å². The van der Waals surface area contributed by atoms with Crippen LogP contribution in [0, 0.1) is 0 Å². The highest BCUT2D eigenvalue weighted by molar-refractivity contribution is 7.99. The minimum absolute atomic E-state index is 0.113. The van der Waals surface area contributed by atoms with Crippen molar-refractivity contribution in [1.29, 1.82) is 0 Å². The van der Waals surface area contributed by atoms with Gasteiger partial charge in [0.15, 0.2) is 23.0 Å². The molecule has 0 spiro atoms. The Hall–Kier alpha value is -3.40. The van der Waals surface area contributed by atoms with Crippen LogP contribution in [0.25, 0.3) is 11.5 Å². The van der Waals surface area contributed by atoms with E-state index < -0.39 is 0 Å². The van der Waals surface area contributed by atoms with Crippen LogP contribution >= 0.6 is 11.8 Å². The number of anilines is 1. The van der Waals surface area contributed by atoms with Gasteiger partial charge in [-0.15, -0.1) is 10.2 Å². The average Bonchev–Trinajstić information content (AvgIpc) is 3.15. The number of nitrogens with zero attached hydrogens (tertiary/aromatic N) is 2.